The number of fused-ring (bicyclic) bond motifs is 1. The zero-order valence-electron chi connectivity index (χ0n) is 15.6. The molecule has 144 valence electrons. The number of para-hydroxylation sites is 1. The molecule has 0 aromatic heterocycles. The first kappa shape index (κ1) is 18.8. The lowest BCUT2D eigenvalue weighted by Gasteiger charge is -2.28. The van der Waals surface area contributed by atoms with Crippen LogP contribution in [0.15, 0.2) is 103 Å². The van der Waals surface area contributed by atoms with Gasteiger partial charge in [0, 0.05) is 11.3 Å². The number of alkyl halides is 2. The molecule has 1 atom stereocenters. The van der Waals surface area contributed by atoms with E-state index in [9.17, 15) is 4.79 Å². The summed E-state index contributed by atoms with van der Waals surface area (Å²) in [7, 11) is 0. The lowest BCUT2D eigenvalue weighted by molar-refractivity contribution is -0.00267. The second-order valence-electron chi connectivity index (χ2n) is 6.87. The number of nitrogens with one attached hydrogen (secondary N) is 1. The Morgan fingerprint density at radius 2 is 1.31 bits per heavy atom. The lowest BCUT2D eigenvalue weighted by atomic mass is 9.92. The summed E-state index contributed by atoms with van der Waals surface area (Å²) in [5.41, 5.74) is 0.854. The Morgan fingerprint density at radius 1 is 0.724 bits per heavy atom. The quantitative estimate of drug-likeness (QED) is 0.382. The minimum Gasteiger partial charge on any atom is -0.372 e. The van der Waals surface area contributed by atoms with Gasteiger partial charge in [-0.3, -0.25) is 4.79 Å². The molecular weight excluding hydrogens is 368 g/mol. The van der Waals surface area contributed by atoms with Gasteiger partial charge in [0.1, 0.15) is 6.04 Å². The fourth-order valence-corrected chi connectivity index (χ4v) is 3.38. The smallest absolute Gasteiger partial charge is 0.333 e. The van der Waals surface area contributed by atoms with Crippen LogP contribution in [0.25, 0.3) is 10.8 Å². The molecule has 0 saturated carbocycles. The number of anilines is 1. The van der Waals surface area contributed by atoms with E-state index in [1.807, 2.05) is 18.2 Å². The van der Waals surface area contributed by atoms with E-state index in [1.165, 1.54) is 12.1 Å². The van der Waals surface area contributed by atoms with Crippen molar-refractivity contribution in [3.8, 4) is 0 Å². The normalized spacial score (nSPS) is 12.5. The second kappa shape index (κ2) is 7.84. The van der Waals surface area contributed by atoms with Gasteiger partial charge in [0.15, 0.2) is 0 Å². The van der Waals surface area contributed by atoms with Gasteiger partial charge in [-0.1, -0.05) is 84.9 Å². The van der Waals surface area contributed by atoms with Crippen molar-refractivity contribution >= 4 is 22.2 Å². The van der Waals surface area contributed by atoms with Crippen LogP contribution in [-0.4, -0.2) is 11.7 Å². The van der Waals surface area contributed by atoms with Crippen LogP contribution in [0.1, 0.15) is 22.0 Å². The van der Waals surface area contributed by atoms with Crippen LogP contribution in [-0.2, 0) is 0 Å². The first-order valence-electron chi connectivity index (χ1n) is 9.33. The summed E-state index contributed by atoms with van der Waals surface area (Å²) in [6, 6.07) is 27.6. The third-order valence-electron chi connectivity index (χ3n) is 4.89. The molecule has 0 aliphatic rings. The molecule has 0 spiro atoms. The molecule has 4 aromatic rings. The molecule has 0 unspecified atom stereocenters. The van der Waals surface area contributed by atoms with Gasteiger partial charge in [0.2, 0.25) is 5.78 Å². The van der Waals surface area contributed by atoms with Gasteiger partial charge in [0.25, 0.3) is 0 Å². The number of halogens is 2. The third-order valence-corrected chi connectivity index (χ3v) is 4.89. The summed E-state index contributed by atoms with van der Waals surface area (Å²) in [4.78, 5) is 12.9. The fraction of sp³-hybridized carbons (Fsp3) is 0.0800. The number of carbonyl (C=O) groups excluding carboxylic acids is 1. The minimum atomic E-state index is -3.65. The maximum Gasteiger partial charge on any atom is 0.333 e. The average Bonchev–Trinajstić information content (AvgIpc) is 2.77. The highest BCUT2D eigenvalue weighted by molar-refractivity contribution is 6.04. The van der Waals surface area contributed by atoms with E-state index in [1.54, 1.807) is 72.8 Å². The number of hydrogen-bond acceptors (Lipinski definition) is 2. The lowest BCUT2D eigenvalue weighted by Crippen LogP contribution is -2.40. The molecule has 0 amide bonds. The summed E-state index contributed by atoms with van der Waals surface area (Å²) in [6.07, 6.45) is 0. The molecule has 0 radical (unpaired) electrons. The molecule has 0 aliphatic carbocycles. The van der Waals surface area contributed by atoms with E-state index >= 15 is 8.78 Å². The van der Waals surface area contributed by atoms with Crippen LogP contribution in [0.5, 0.6) is 0 Å². The number of hydrogen-bond donors (Lipinski definition) is 1. The predicted octanol–water partition coefficient (Wildman–Crippen LogP) is 6.51. The van der Waals surface area contributed by atoms with Crippen molar-refractivity contribution in [2.24, 2.45) is 0 Å². The molecule has 0 saturated heterocycles. The molecule has 1 N–H and O–H groups in total. The zero-order valence-corrected chi connectivity index (χ0v) is 15.6. The maximum absolute atomic E-state index is 15.5. The van der Waals surface area contributed by atoms with Gasteiger partial charge in [-0.15, -0.1) is 0 Å². The second-order valence-corrected chi connectivity index (χ2v) is 6.87. The van der Waals surface area contributed by atoms with Gasteiger partial charge >= 0.3 is 5.92 Å². The van der Waals surface area contributed by atoms with Crippen molar-refractivity contribution in [1.82, 2.24) is 0 Å². The minimum absolute atomic E-state index is 0.00973. The molecule has 29 heavy (non-hydrogen) atoms. The van der Waals surface area contributed by atoms with Crippen LogP contribution in [0.2, 0.25) is 0 Å². The van der Waals surface area contributed by atoms with Gasteiger partial charge in [-0.2, -0.15) is 8.78 Å². The highest BCUT2D eigenvalue weighted by Gasteiger charge is 2.48. The van der Waals surface area contributed by atoms with Crippen LogP contribution in [0.3, 0.4) is 0 Å². The number of carbonyl (C=O) groups is 1. The van der Waals surface area contributed by atoms with Crippen molar-refractivity contribution in [3.63, 3.8) is 0 Å². The molecular formula is C25H19F2NO. The van der Waals surface area contributed by atoms with E-state index in [0.717, 1.165) is 10.8 Å². The van der Waals surface area contributed by atoms with Crippen LogP contribution in [0, 0.1) is 0 Å². The van der Waals surface area contributed by atoms with Gasteiger partial charge in [0.05, 0.1) is 0 Å². The molecule has 4 aromatic carbocycles. The largest absolute Gasteiger partial charge is 0.372 e. The van der Waals surface area contributed by atoms with Gasteiger partial charge in [-0.05, 0) is 34.5 Å². The van der Waals surface area contributed by atoms with E-state index in [-0.39, 0.29) is 5.56 Å². The monoisotopic (exact) mass is 387 g/mol. The standard InChI is InChI=1S/C25H19F2NO/c26-25(27,24(29)21-16-15-18-9-7-8-12-20(18)17-21)23(19-10-3-1-4-11-19)28-22-13-5-2-6-14-22/h1-17,23,28H/t23-/m1/s1. The first-order valence-corrected chi connectivity index (χ1v) is 9.33. The highest BCUT2D eigenvalue weighted by atomic mass is 19.3. The number of benzene rings is 4. The maximum atomic E-state index is 15.5. The number of Topliss-reactive ketones (excluding diaryl/α,β-unsaturated/α-hetero) is 1. The van der Waals surface area contributed by atoms with Gasteiger partial charge in [-0.25, -0.2) is 0 Å². The predicted molar refractivity (Wildman–Crippen MR) is 112 cm³/mol. The summed E-state index contributed by atoms with van der Waals surface area (Å²) in [5.74, 6) is -4.86. The summed E-state index contributed by atoms with van der Waals surface area (Å²) in [6.45, 7) is 0. The molecule has 0 heterocycles. The molecule has 2 nitrogen and oxygen atoms in total. The Morgan fingerprint density at radius 3 is 2.00 bits per heavy atom. The van der Waals surface area contributed by atoms with Crippen LogP contribution < -0.4 is 5.32 Å². The fourth-order valence-electron chi connectivity index (χ4n) is 3.38. The first-order chi connectivity index (χ1) is 14.1. The third kappa shape index (κ3) is 3.87. The molecule has 0 bridgehead atoms. The Labute approximate surface area is 167 Å². The highest BCUT2D eigenvalue weighted by Crippen LogP contribution is 2.37. The van der Waals surface area contributed by atoms with Crippen molar-refractivity contribution in [2.45, 2.75) is 12.0 Å². The Balaban J connectivity index is 1.73. The molecule has 0 aliphatic heterocycles. The number of ketones is 1. The zero-order chi connectivity index (χ0) is 20.3. The Kier molecular flexibility index (Phi) is 5.09. The summed E-state index contributed by atoms with van der Waals surface area (Å²) in [5, 5.41) is 4.50. The topological polar surface area (TPSA) is 29.1 Å². The van der Waals surface area contributed by atoms with E-state index in [0.29, 0.717) is 11.3 Å². The SMILES string of the molecule is O=C(c1ccc2ccccc2c1)C(F)(F)[C@H](Nc1ccccc1)c1ccccc1. The van der Waals surface area contributed by atoms with Crippen LogP contribution in [0.4, 0.5) is 14.5 Å². The molecule has 4 rings (SSSR count). The number of rotatable bonds is 6. The van der Waals surface area contributed by atoms with Crippen molar-refractivity contribution < 1.29 is 13.6 Å². The van der Waals surface area contributed by atoms with Crippen molar-refractivity contribution in [3.05, 3.63) is 114 Å². The van der Waals surface area contributed by atoms with Crippen LogP contribution >= 0.6 is 0 Å². The molecule has 0 fully saturated rings. The van der Waals surface area contributed by atoms with Crippen molar-refractivity contribution in [2.75, 3.05) is 5.32 Å². The van der Waals surface area contributed by atoms with E-state index in [4.69, 9.17) is 0 Å². The summed E-state index contributed by atoms with van der Waals surface area (Å²) >= 11 is 0. The van der Waals surface area contributed by atoms with Crippen molar-refractivity contribution in [1.29, 1.82) is 0 Å². The Hall–Kier alpha value is -3.53. The Bertz CT molecular complexity index is 1130. The molecule has 4 heteroatoms. The van der Waals surface area contributed by atoms with E-state index < -0.39 is 17.7 Å². The summed E-state index contributed by atoms with van der Waals surface area (Å²) < 4.78 is 31.1. The van der Waals surface area contributed by atoms with E-state index in [2.05, 4.69) is 5.32 Å². The average molecular weight is 387 g/mol. The van der Waals surface area contributed by atoms with Gasteiger partial charge < -0.3 is 5.32 Å².